The van der Waals surface area contributed by atoms with Gasteiger partial charge in [-0.3, -0.25) is 19.3 Å². The van der Waals surface area contributed by atoms with Crippen LogP contribution in [0.5, 0.6) is 0 Å². The molecule has 3 aliphatic rings. The Bertz CT molecular complexity index is 685. The van der Waals surface area contributed by atoms with E-state index in [0.717, 1.165) is 45.1 Å². The van der Waals surface area contributed by atoms with E-state index in [1.165, 1.54) is 4.90 Å². The molecule has 3 atom stereocenters. The molecule has 1 saturated carbocycles. The Hall–Kier alpha value is -2.21. The number of rotatable bonds is 4. The Kier molecular flexibility index (Phi) is 4.76. The van der Waals surface area contributed by atoms with Gasteiger partial charge in [0.15, 0.2) is 0 Å². The third kappa shape index (κ3) is 3.14. The van der Waals surface area contributed by atoms with Crippen LogP contribution in [0.4, 0.5) is 5.69 Å². The molecule has 2 saturated heterocycles. The minimum atomic E-state index is -0.167. The van der Waals surface area contributed by atoms with Crippen molar-refractivity contribution in [3.8, 4) is 0 Å². The van der Waals surface area contributed by atoms with Crippen LogP contribution in [0.2, 0.25) is 0 Å². The van der Waals surface area contributed by atoms with Gasteiger partial charge in [-0.2, -0.15) is 0 Å². The van der Waals surface area contributed by atoms with Crippen LogP contribution in [0.1, 0.15) is 48.9 Å². The molecule has 138 valence electrons. The summed E-state index contributed by atoms with van der Waals surface area (Å²) in [6.07, 6.45) is 5.73. The van der Waals surface area contributed by atoms with Gasteiger partial charge in [-0.25, -0.2) is 0 Å². The van der Waals surface area contributed by atoms with Crippen LogP contribution in [-0.4, -0.2) is 37.0 Å². The number of nitrogens with zero attached hydrogens (tertiary/aromatic N) is 1. The zero-order valence-electron chi connectivity index (χ0n) is 14.8. The van der Waals surface area contributed by atoms with E-state index in [9.17, 15) is 14.4 Å². The highest BCUT2D eigenvalue weighted by Gasteiger charge is 2.48. The number of amides is 3. The summed E-state index contributed by atoms with van der Waals surface area (Å²) in [5.41, 5.74) is 1.08. The third-order valence-corrected chi connectivity index (χ3v) is 5.74. The number of nitrogens with one attached hydrogen (secondary N) is 1. The highest BCUT2D eigenvalue weighted by Crippen LogP contribution is 2.40. The van der Waals surface area contributed by atoms with Crippen molar-refractivity contribution in [3.05, 3.63) is 29.8 Å². The molecule has 1 N–H and O–H groups in total. The van der Waals surface area contributed by atoms with E-state index >= 15 is 0 Å². The third-order valence-electron chi connectivity index (χ3n) is 5.74. The molecule has 0 bridgehead atoms. The Labute approximate surface area is 152 Å². The monoisotopic (exact) mass is 356 g/mol. The first-order valence-corrected chi connectivity index (χ1v) is 9.53. The van der Waals surface area contributed by atoms with Gasteiger partial charge in [-0.15, -0.1) is 0 Å². The molecule has 0 radical (unpaired) electrons. The molecule has 1 aliphatic carbocycles. The van der Waals surface area contributed by atoms with Crippen LogP contribution >= 0.6 is 0 Å². The van der Waals surface area contributed by atoms with Crippen LogP contribution in [0.15, 0.2) is 24.3 Å². The summed E-state index contributed by atoms with van der Waals surface area (Å²) in [6, 6.07) is 6.72. The van der Waals surface area contributed by atoms with Crippen molar-refractivity contribution in [1.29, 1.82) is 0 Å². The maximum Gasteiger partial charge on any atom is 0.251 e. The highest BCUT2D eigenvalue weighted by molar-refractivity contribution is 6.22. The summed E-state index contributed by atoms with van der Waals surface area (Å²) in [6.45, 7) is 1.27. The molecule has 0 spiro atoms. The van der Waals surface area contributed by atoms with Gasteiger partial charge >= 0.3 is 0 Å². The van der Waals surface area contributed by atoms with E-state index in [1.807, 2.05) is 0 Å². The topological polar surface area (TPSA) is 75.7 Å². The lowest BCUT2D eigenvalue weighted by Gasteiger charge is -2.19. The number of hydrogen-bond donors (Lipinski definition) is 1. The van der Waals surface area contributed by atoms with Crippen molar-refractivity contribution in [2.24, 2.45) is 11.8 Å². The van der Waals surface area contributed by atoms with Gasteiger partial charge in [0.25, 0.3) is 5.91 Å². The van der Waals surface area contributed by atoms with Gasteiger partial charge in [0.05, 0.1) is 23.6 Å². The molecule has 26 heavy (non-hydrogen) atoms. The summed E-state index contributed by atoms with van der Waals surface area (Å²) < 4.78 is 5.50. The summed E-state index contributed by atoms with van der Waals surface area (Å²) in [5.74, 6) is -0.665. The smallest absolute Gasteiger partial charge is 0.251 e. The summed E-state index contributed by atoms with van der Waals surface area (Å²) in [5, 5.41) is 2.88. The minimum Gasteiger partial charge on any atom is -0.376 e. The van der Waals surface area contributed by atoms with Crippen molar-refractivity contribution < 1.29 is 19.1 Å². The van der Waals surface area contributed by atoms with E-state index in [-0.39, 0.29) is 35.7 Å². The largest absolute Gasteiger partial charge is 0.376 e. The van der Waals surface area contributed by atoms with Crippen LogP contribution in [0.3, 0.4) is 0 Å². The predicted molar refractivity (Wildman–Crippen MR) is 95.7 cm³/mol. The first-order chi connectivity index (χ1) is 12.6. The van der Waals surface area contributed by atoms with Crippen molar-refractivity contribution in [2.45, 2.75) is 44.6 Å². The Morgan fingerprint density at radius 1 is 1.00 bits per heavy atom. The lowest BCUT2D eigenvalue weighted by atomic mass is 9.81. The van der Waals surface area contributed by atoms with E-state index < -0.39 is 0 Å². The van der Waals surface area contributed by atoms with Crippen molar-refractivity contribution in [2.75, 3.05) is 18.1 Å². The molecule has 2 aliphatic heterocycles. The summed E-state index contributed by atoms with van der Waals surface area (Å²) in [4.78, 5) is 38.8. The first kappa shape index (κ1) is 17.2. The fraction of sp³-hybridized carbons (Fsp3) is 0.550. The molecule has 1 aromatic carbocycles. The number of fused-ring (bicyclic) bond motifs is 1. The van der Waals surface area contributed by atoms with Gasteiger partial charge < -0.3 is 10.1 Å². The molecular weight excluding hydrogens is 332 g/mol. The molecule has 6 nitrogen and oxygen atoms in total. The van der Waals surface area contributed by atoms with Crippen molar-refractivity contribution in [3.63, 3.8) is 0 Å². The van der Waals surface area contributed by atoms with Gasteiger partial charge in [0, 0.05) is 18.7 Å². The van der Waals surface area contributed by atoms with E-state index in [4.69, 9.17) is 4.74 Å². The second-order valence-corrected chi connectivity index (χ2v) is 7.40. The molecule has 6 heteroatoms. The van der Waals surface area contributed by atoms with Gasteiger partial charge in [0.1, 0.15) is 0 Å². The maximum atomic E-state index is 12.6. The molecular formula is C20H24N2O4. The van der Waals surface area contributed by atoms with Gasteiger partial charge in [-0.1, -0.05) is 12.8 Å². The van der Waals surface area contributed by atoms with Crippen LogP contribution in [0, 0.1) is 11.8 Å². The normalized spacial score (nSPS) is 28.3. The SMILES string of the molecule is O=C(NC[C@@H]1CCCO1)c1ccc(N2C(=O)[C@H]3CCCC[C@@H]3C2=O)cc1. The zero-order chi connectivity index (χ0) is 18.1. The molecule has 4 rings (SSSR count). The predicted octanol–water partition coefficient (Wildman–Crippen LogP) is 2.28. The number of imide groups is 1. The summed E-state index contributed by atoms with van der Waals surface area (Å²) >= 11 is 0. The average molecular weight is 356 g/mol. The zero-order valence-corrected chi connectivity index (χ0v) is 14.8. The number of benzene rings is 1. The highest BCUT2D eigenvalue weighted by atomic mass is 16.5. The standard InChI is InChI=1S/C20H24N2O4/c23-18(21-12-15-4-3-11-26-15)13-7-9-14(10-8-13)22-19(24)16-5-1-2-6-17(16)20(22)25/h7-10,15-17H,1-6,11-12H2,(H,21,23)/t15-,16-,17-/m0/s1. The molecule has 0 aromatic heterocycles. The Morgan fingerprint density at radius 3 is 2.23 bits per heavy atom. The number of carbonyl (C=O) groups is 3. The number of ether oxygens (including phenoxy) is 1. The number of anilines is 1. The Morgan fingerprint density at radius 2 is 1.65 bits per heavy atom. The van der Waals surface area contributed by atoms with Crippen molar-refractivity contribution in [1.82, 2.24) is 5.32 Å². The fourth-order valence-electron chi connectivity index (χ4n) is 4.29. The fourth-order valence-corrected chi connectivity index (χ4v) is 4.29. The number of carbonyl (C=O) groups excluding carboxylic acids is 3. The number of hydrogen-bond acceptors (Lipinski definition) is 4. The molecule has 3 fully saturated rings. The first-order valence-electron chi connectivity index (χ1n) is 9.53. The maximum absolute atomic E-state index is 12.6. The lowest BCUT2D eigenvalue weighted by molar-refractivity contribution is -0.122. The van der Waals surface area contributed by atoms with Gasteiger partial charge in [0.2, 0.25) is 11.8 Å². The molecule has 2 heterocycles. The van der Waals surface area contributed by atoms with Gasteiger partial charge in [-0.05, 0) is 49.9 Å². The van der Waals surface area contributed by atoms with E-state index in [2.05, 4.69) is 5.32 Å². The van der Waals surface area contributed by atoms with Crippen LogP contribution < -0.4 is 10.2 Å². The second-order valence-electron chi connectivity index (χ2n) is 7.40. The Balaban J connectivity index is 1.43. The summed E-state index contributed by atoms with van der Waals surface area (Å²) in [7, 11) is 0. The molecule has 3 amide bonds. The van der Waals surface area contributed by atoms with E-state index in [1.54, 1.807) is 24.3 Å². The average Bonchev–Trinajstić information content (AvgIpc) is 3.28. The second kappa shape index (κ2) is 7.19. The molecule has 0 unspecified atom stereocenters. The lowest BCUT2D eigenvalue weighted by Crippen LogP contribution is -2.32. The van der Waals surface area contributed by atoms with E-state index in [0.29, 0.717) is 17.8 Å². The quantitative estimate of drug-likeness (QED) is 0.840. The van der Waals surface area contributed by atoms with Crippen LogP contribution in [0.25, 0.3) is 0 Å². The minimum absolute atomic E-state index is 0.0877. The molecule has 1 aromatic rings. The van der Waals surface area contributed by atoms with Crippen LogP contribution in [-0.2, 0) is 14.3 Å². The van der Waals surface area contributed by atoms with Crippen molar-refractivity contribution >= 4 is 23.4 Å².